The molecule has 0 N–H and O–H groups in total. The number of carbonyl (C=O) groups is 1. The first-order valence-electron chi connectivity index (χ1n) is 13.4. The van der Waals surface area contributed by atoms with Crippen molar-refractivity contribution in [1.29, 1.82) is 0 Å². The molecule has 9 nitrogen and oxygen atoms in total. The molecule has 3 aromatic carbocycles. The molecule has 2 heterocycles. The van der Waals surface area contributed by atoms with Crippen molar-refractivity contribution < 1.29 is 37.2 Å². The van der Waals surface area contributed by atoms with Gasteiger partial charge in [-0.25, -0.2) is 4.98 Å². The molecule has 1 saturated heterocycles. The van der Waals surface area contributed by atoms with Crippen molar-refractivity contribution in [1.82, 2.24) is 4.98 Å². The van der Waals surface area contributed by atoms with Crippen LogP contribution in [0.2, 0.25) is 0 Å². The summed E-state index contributed by atoms with van der Waals surface area (Å²) in [5, 5.41) is 11.5. The number of anilines is 1. The number of rotatable bonds is 9. The number of fused-ring (bicyclic) bond motifs is 1. The lowest BCUT2D eigenvalue weighted by Crippen LogP contribution is -2.26. The third-order valence-electron chi connectivity index (χ3n) is 6.82. The molecule has 0 atom stereocenters. The number of methoxy groups -OCH3 is 2. The van der Waals surface area contributed by atoms with E-state index in [4.69, 9.17) is 14.2 Å². The van der Waals surface area contributed by atoms with Crippen LogP contribution in [-0.4, -0.2) is 43.1 Å². The molecule has 5 rings (SSSR count). The van der Waals surface area contributed by atoms with Crippen molar-refractivity contribution in [2.75, 3.05) is 32.6 Å². The number of alkyl halides is 2. The first-order chi connectivity index (χ1) is 20.7. The first-order valence-corrected chi connectivity index (χ1v) is 13.4. The fraction of sp³-hybridized carbons (Fsp3) is 0.290. The maximum atomic E-state index is 15.7. The minimum Gasteiger partial charge on any atom is -0.497 e. The van der Waals surface area contributed by atoms with Crippen LogP contribution in [0.15, 0.2) is 72.9 Å². The molecule has 1 aliphatic rings. The van der Waals surface area contributed by atoms with Gasteiger partial charge >= 0.3 is 11.6 Å². The number of halogens is 3. The van der Waals surface area contributed by atoms with E-state index in [-0.39, 0.29) is 27.3 Å². The second-order valence-electron chi connectivity index (χ2n) is 9.62. The van der Waals surface area contributed by atoms with Gasteiger partial charge in [-0.3, -0.25) is 14.9 Å². The predicted octanol–water partition coefficient (Wildman–Crippen LogP) is 7.21. The third kappa shape index (κ3) is 7.20. The maximum absolute atomic E-state index is 15.7. The maximum Gasteiger partial charge on any atom is 0.334 e. The summed E-state index contributed by atoms with van der Waals surface area (Å²) in [6, 6.07) is 14.5. The highest BCUT2D eigenvalue weighted by molar-refractivity contribution is 6.03. The summed E-state index contributed by atoms with van der Waals surface area (Å²) in [7, 11) is 2.81. The summed E-state index contributed by atoms with van der Waals surface area (Å²) < 4.78 is 61.6. The van der Waals surface area contributed by atoms with Gasteiger partial charge in [0.1, 0.15) is 17.7 Å². The normalized spacial score (nSPS) is 13.0. The summed E-state index contributed by atoms with van der Waals surface area (Å²) in [6.45, 7) is 1.48. The van der Waals surface area contributed by atoms with E-state index in [0.29, 0.717) is 11.3 Å². The van der Waals surface area contributed by atoms with Gasteiger partial charge in [-0.2, -0.15) is 13.9 Å². The van der Waals surface area contributed by atoms with Crippen molar-refractivity contribution in [3.8, 4) is 11.5 Å². The van der Waals surface area contributed by atoms with Crippen LogP contribution < -0.4 is 14.6 Å². The van der Waals surface area contributed by atoms with Crippen LogP contribution in [0.5, 0.6) is 11.5 Å². The molecular weight excluding hydrogens is 567 g/mol. The molecule has 4 aromatic rings. The number of ketones is 1. The van der Waals surface area contributed by atoms with E-state index in [0.717, 1.165) is 37.6 Å². The van der Waals surface area contributed by atoms with Crippen LogP contribution in [0.3, 0.4) is 0 Å². The van der Waals surface area contributed by atoms with Gasteiger partial charge in [0.2, 0.25) is 5.78 Å². The number of nitrogens with zero attached hydrogens (tertiary/aromatic N) is 3. The van der Waals surface area contributed by atoms with Gasteiger partial charge in [0.25, 0.3) is 0 Å². The smallest absolute Gasteiger partial charge is 0.334 e. The number of Topliss-reactive ketones (excluding diaryl/α,β-unsaturated/α-hetero) is 1. The Labute approximate surface area is 245 Å². The van der Waals surface area contributed by atoms with E-state index < -0.39 is 40.1 Å². The Bertz CT molecular complexity index is 1570. The third-order valence-corrected chi connectivity index (χ3v) is 6.82. The van der Waals surface area contributed by atoms with Crippen molar-refractivity contribution in [2.24, 2.45) is 0 Å². The van der Waals surface area contributed by atoms with Crippen molar-refractivity contribution in [3.63, 3.8) is 0 Å². The van der Waals surface area contributed by atoms with Gasteiger partial charge in [-0.15, -0.1) is 0 Å². The van der Waals surface area contributed by atoms with Gasteiger partial charge in [0, 0.05) is 41.4 Å². The lowest BCUT2D eigenvalue weighted by molar-refractivity contribution is -0.384. The highest BCUT2D eigenvalue weighted by Gasteiger charge is 2.42. The average molecular weight is 598 g/mol. The summed E-state index contributed by atoms with van der Waals surface area (Å²) in [5.74, 6) is -4.75. The van der Waals surface area contributed by atoms with Crippen LogP contribution in [0.4, 0.5) is 24.6 Å². The Morgan fingerprint density at radius 1 is 1.02 bits per heavy atom. The lowest BCUT2D eigenvalue weighted by atomic mass is 9.97. The Kier molecular flexibility index (Phi) is 10.1. The number of aromatic nitrogens is 1. The molecule has 226 valence electrons. The van der Waals surface area contributed by atoms with Crippen LogP contribution >= 0.6 is 0 Å². The lowest BCUT2D eigenvalue weighted by Gasteiger charge is -2.20. The quantitative estimate of drug-likeness (QED) is 0.0863. The van der Waals surface area contributed by atoms with Crippen LogP contribution in [0.1, 0.15) is 40.7 Å². The standard InChI is InChI=1S/C26H20F3N3O5.C5H10O/c1-36-19-10-8-17(23(13-19)37-2)15-31(29)24-20-12-18(9-11-21(20)30-14-22(24)32(34)35)26(27,28)25(33)16-6-4-3-5-7-16;1-2-4-6-5-3-1/h3-14H,15H2,1-2H3;1-5H2. The Morgan fingerprint density at radius 2 is 1.74 bits per heavy atom. The molecule has 0 bridgehead atoms. The number of hydrogen-bond acceptors (Lipinski definition) is 8. The van der Waals surface area contributed by atoms with E-state index in [2.05, 4.69) is 4.98 Å². The largest absolute Gasteiger partial charge is 0.497 e. The second kappa shape index (κ2) is 14.0. The van der Waals surface area contributed by atoms with E-state index in [9.17, 15) is 14.9 Å². The summed E-state index contributed by atoms with van der Waals surface area (Å²) in [5.41, 5.74) is -1.96. The van der Waals surface area contributed by atoms with Crippen LogP contribution in [0, 0.1) is 10.1 Å². The van der Waals surface area contributed by atoms with E-state index in [1.807, 2.05) is 0 Å². The summed E-state index contributed by atoms with van der Waals surface area (Å²) in [4.78, 5) is 27.4. The topological polar surface area (TPSA) is 104 Å². The molecule has 0 aliphatic carbocycles. The molecule has 0 saturated carbocycles. The molecule has 1 aromatic heterocycles. The summed E-state index contributed by atoms with van der Waals surface area (Å²) >= 11 is 0. The van der Waals surface area contributed by atoms with Crippen molar-refractivity contribution >= 4 is 28.1 Å². The molecule has 1 aliphatic heterocycles. The van der Waals surface area contributed by atoms with E-state index >= 15 is 13.3 Å². The molecule has 0 unspecified atom stereocenters. The van der Waals surface area contributed by atoms with Crippen LogP contribution in [-0.2, 0) is 17.2 Å². The average Bonchev–Trinajstić information content (AvgIpc) is 3.05. The molecule has 12 heteroatoms. The zero-order chi connectivity index (χ0) is 31.0. The Balaban J connectivity index is 0.000000628. The van der Waals surface area contributed by atoms with Gasteiger partial charge < -0.3 is 14.2 Å². The molecule has 0 radical (unpaired) electrons. The number of pyridine rings is 1. The number of benzene rings is 3. The highest BCUT2D eigenvalue weighted by Crippen LogP contribution is 2.40. The Hall–Kier alpha value is -4.71. The summed E-state index contributed by atoms with van der Waals surface area (Å²) in [6.07, 6.45) is 4.78. The predicted molar refractivity (Wildman–Crippen MR) is 155 cm³/mol. The van der Waals surface area contributed by atoms with Crippen LogP contribution in [0.25, 0.3) is 10.9 Å². The molecule has 0 spiro atoms. The number of carbonyl (C=O) groups excluding carboxylic acids is 1. The number of hydrogen-bond donors (Lipinski definition) is 0. The zero-order valence-corrected chi connectivity index (χ0v) is 23.6. The minimum atomic E-state index is -3.99. The fourth-order valence-electron chi connectivity index (χ4n) is 4.55. The molecular formula is C31H30F3N3O6. The highest BCUT2D eigenvalue weighted by atomic mass is 19.3. The van der Waals surface area contributed by atoms with E-state index in [1.54, 1.807) is 12.1 Å². The molecule has 43 heavy (non-hydrogen) atoms. The number of nitro groups is 1. The first kappa shape index (κ1) is 31.2. The van der Waals surface area contributed by atoms with Crippen molar-refractivity contribution in [2.45, 2.75) is 31.7 Å². The van der Waals surface area contributed by atoms with Crippen molar-refractivity contribution in [3.05, 3.63) is 99.7 Å². The SMILES string of the molecule is C1CCOCC1.COc1ccc(CN(F)c2c([N+](=O)[O-])cnc3ccc(C(F)(F)C(=O)c4ccccc4)cc23)c(OC)c1. The minimum absolute atomic E-state index is 0.0247. The number of ether oxygens (including phenoxy) is 3. The van der Waals surface area contributed by atoms with Gasteiger partial charge in [-0.05, 0) is 43.5 Å². The second-order valence-corrected chi connectivity index (χ2v) is 9.62. The van der Waals surface area contributed by atoms with Gasteiger partial charge in [0.15, 0.2) is 5.69 Å². The Morgan fingerprint density at radius 3 is 2.33 bits per heavy atom. The molecule has 1 fully saturated rings. The zero-order valence-electron chi connectivity index (χ0n) is 23.6. The monoisotopic (exact) mass is 597 g/mol. The fourth-order valence-corrected chi connectivity index (χ4v) is 4.55. The molecule has 0 amide bonds. The van der Waals surface area contributed by atoms with Gasteiger partial charge in [0.05, 0.1) is 31.2 Å². The van der Waals surface area contributed by atoms with E-state index in [1.165, 1.54) is 69.9 Å². The van der Waals surface area contributed by atoms with Gasteiger partial charge in [-0.1, -0.05) is 40.9 Å².